The van der Waals surface area contributed by atoms with Crippen LogP contribution in [0.3, 0.4) is 0 Å². The standard InChI is InChI=1S/C23H24N2O4S/c1-15-5-12-21(17(3)13-15)24-23(26)18-7-6-16(2)22(14-18)25-30(27,28)20-10-8-19(29-4)9-11-20/h5-14,25H,1-4H3,(H,24,26). The number of aryl methyl sites for hydroxylation is 3. The van der Waals surface area contributed by atoms with Crippen molar-refractivity contribution >= 4 is 27.3 Å². The Labute approximate surface area is 177 Å². The third-order valence-electron chi connectivity index (χ3n) is 4.74. The number of sulfonamides is 1. The van der Waals surface area contributed by atoms with E-state index in [1.807, 2.05) is 32.0 Å². The van der Waals surface area contributed by atoms with Crippen molar-refractivity contribution in [3.63, 3.8) is 0 Å². The minimum Gasteiger partial charge on any atom is -0.497 e. The zero-order chi connectivity index (χ0) is 21.9. The van der Waals surface area contributed by atoms with Crippen molar-refractivity contribution in [3.05, 3.63) is 82.9 Å². The number of ether oxygens (including phenoxy) is 1. The third kappa shape index (κ3) is 4.80. The van der Waals surface area contributed by atoms with Crippen LogP contribution in [0.15, 0.2) is 65.6 Å². The zero-order valence-electron chi connectivity index (χ0n) is 17.3. The van der Waals surface area contributed by atoms with E-state index in [2.05, 4.69) is 10.0 Å². The van der Waals surface area contributed by atoms with E-state index >= 15 is 0 Å². The zero-order valence-corrected chi connectivity index (χ0v) is 18.1. The van der Waals surface area contributed by atoms with E-state index in [9.17, 15) is 13.2 Å². The molecule has 0 saturated carbocycles. The van der Waals surface area contributed by atoms with Gasteiger partial charge >= 0.3 is 0 Å². The highest BCUT2D eigenvalue weighted by molar-refractivity contribution is 7.92. The van der Waals surface area contributed by atoms with Gasteiger partial charge in [-0.1, -0.05) is 23.8 Å². The van der Waals surface area contributed by atoms with Crippen LogP contribution in [-0.2, 0) is 10.0 Å². The number of carbonyl (C=O) groups is 1. The molecule has 0 unspecified atom stereocenters. The summed E-state index contributed by atoms with van der Waals surface area (Å²) in [5.74, 6) is 0.252. The molecule has 0 fully saturated rings. The first-order chi connectivity index (χ1) is 14.2. The highest BCUT2D eigenvalue weighted by atomic mass is 32.2. The Morgan fingerprint density at radius 1 is 0.833 bits per heavy atom. The van der Waals surface area contributed by atoms with Crippen LogP contribution in [0, 0.1) is 20.8 Å². The van der Waals surface area contributed by atoms with Crippen LogP contribution in [0.1, 0.15) is 27.0 Å². The number of nitrogens with one attached hydrogen (secondary N) is 2. The van der Waals surface area contributed by atoms with Crippen molar-refractivity contribution in [3.8, 4) is 5.75 Å². The fourth-order valence-corrected chi connectivity index (χ4v) is 4.10. The van der Waals surface area contributed by atoms with Crippen LogP contribution in [0.4, 0.5) is 11.4 Å². The second kappa shape index (κ2) is 8.59. The lowest BCUT2D eigenvalue weighted by molar-refractivity contribution is 0.102. The van der Waals surface area contributed by atoms with Crippen LogP contribution in [0.25, 0.3) is 0 Å². The smallest absolute Gasteiger partial charge is 0.261 e. The van der Waals surface area contributed by atoms with E-state index in [1.54, 1.807) is 31.2 Å². The van der Waals surface area contributed by atoms with Crippen LogP contribution in [-0.4, -0.2) is 21.4 Å². The van der Waals surface area contributed by atoms with Crippen LogP contribution in [0.5, 0.6) is 5.75 Å². The number of methoxy groups -OCH3 is 1. The first kappa shape index (κ1) is 21.4. The van der Waals surface area contributed by atoms with Crippen molar-refractivity contribution in [1.29, 1.82) is 0 Å². The number of hydrogen-bond acceptors (Lipinski definition) is 4. The summed E-state index contributed by atoms with van der Waals surface area (Å²) >= 11 is 0. The molecule has 2 N–H and O–H groups in total. The Hall–Kier alpha value is -3.32. The first-order valence-corrected chi connectivity index (χ1v) is 10.8. The van der Waals surface area contributed by atoms with Gasteiger partial charge in [0.1, 0.15) is 5.75 Å². The monoisotopic (exact) mass is 424 g/mol. The molecule has 0 heterocycles. The molecule has 0 radical (unpaired) electrons. The lowest BCUT2D eigenvalue weighted by Gasteiger charge is -2.13. The highest BCUT2D eigenvalue weighted by Gasteiger charge is 2.17. The maximum Gasteiger partial charge on any atom is 0.261 e. The predicted octanol–water partition coefficient (Wildman–Crippen LogP) is 4.67. The topological polar surface area (TPSA) is 84.5 Å². The van der Waals surface area contributed by atoms with E-state index in [4.69, 9.17) is 4.74 Å². The van der Waals surface area contributed by atoms with Gasteiger partial charge < -0.3 is 10.1 Å². The molecule has 7 heteroatoms. The molecule has 0 bridgehead atoms. The SMILES string of the molecule is COc1ccc(S(=O)(=O)Nc2cc(C(=O)Nc3ccc(C)cc3C)ccc2C)cc1. The molecule has 3 aromatic rings. The van der Waals surface area contributed by atoms with Gasteiger partial charge in [0.15, 0.2) is 0 Å². The molecule has 3 aromatic carbocycles. The molecule has 0 aliphatic carbocycles. The molecule has 0 atom stereocenters. The second-order valence-electron chi connectivity index (χ2n) is 7.08. The normalized spacial score (nSPS) is 11.1. The Bertz CT molecular complexity index is 1190. The van der Waals surface area contributed by atoms with Crippen LogP contribution in [0.2, 0.25) is 0 Å². The van der Waals surface area contributed by atoms with Crippen molar-refractivity contribution in [2.24, 2.45) is 0 Å². The Morgan fingerprint density at radius 2 is 1.53 bits per heavy atom. The summed E-state index contributed by atoms with van der Waals surface area (Å²) in [6, 6.07) is 16.8. The Morgan fingerprint density at radius 3 is 2.17 bits per heavy atom. The van der Waals surface area contributed by atoms with Gasteiger partial charge in [0.2, 0.25) is 0 Å². The largest absolute Gasteiger partial charge is 0.497 e. The van der Waals surface area contributed by atoms with Gasteiger partial charge in [-0.15, -0.1) is 0 Å². The van der Waals surface area contributed by atoms with Crippen molar-refractivity contribution in [2.75, 3.05) is 17.1 Å². The Balaban J connectivity index is 1.84. The van der Waals surface area contributed by atoms with Gasteiger partial charge in [0.25, 0.3) is 15.9 Å². The molecule has 0 spiro atoms. The maximum absolute atomic E-state index is 12.7. The van der Waals surface area contributed by atoms with Crippen LogP contribution < -0.4 is 14.8 Å². The van der Waals surface area contributed by atoms with E-state index < -0.39 is 10.0 Å². The molecular weight excluding hydrogens is 400 g/mol. The number of rotatable bonds is 6. The van der Waals surface area contributed by atoms with Gasteiger partial charge in [0, 0.05) is 11.3 Å². The number of carbonyl (C=O) groups excluding carboxylic acids is 1. The average Bonchev–Trinajstić information content (AvgIpc) is 2.71. The van der Waals surface area contributed by atoms with Crippen molar-refractivity contribution < 1.29 is 17.9 Å². The second-order valence-corrected chi connectivity index (χ2v) is 8.77. The van der Waals surface area contributed by atoms with E-state index in [0.29, 0.717) is 28.3 Å². The molecule has 3 rings (SSSR count). The molecular formula is C23H24N2O4S. The summed E-state index contributed by atoms with van der Waals surface area (Å²) < 4.78 is 33.1. The molecule has 0 aromatic heterocycles. The average molecular weight is 425 g/mol. The number of benzene rings is 3. The van der Waals surface area contributed by atoms with Gasteiger partial charge in [-0.2, -0.15) is 0 Å². The first-order valence-electron chi connectivity index (χ1n) is 9.36. The van der Waals surface area contributed by atoms with Gasteiger partial charge in [0.05, 0.1) is 17.7 Å². The summed E-state index contributed by atoms with van der Waals surface area (Å²) in [6.07, 6.45) is 0. The minimum atomic E-state index is -3.81. The summed E-state index contributed by atoms with van der Waals surface area (Å²) in [6.45, 7) is 5.68. The van der Waals surface area contributed by atoms with E-state index in [1.165, 1.54) is 25.3 Å². The fraction of sp³-hybridized carbons (Fsp3) is 0.174. The molecule has 1 amide bonds. The lowest BCUT2D eigenvalue weighted by atomic mass is 10.1. The van der Waals surface area contributed by atoms with E-state index in [-0.39, 0.29) is 10.8 Å². The predicted molar refractivity (Wildman–Crippen MR) is 119 cm³/mol. The van der Waals surface area contributed by atoms with Gasteiger partial charge in [-0.3, -0.25) is 9.52 Å². The van der Waals surface area contributed by atoms with Gasteiger partial charge in [-0.05, 0) is 74.4 Å². The summed E-state index contributed by atoms with van der Waals surface area (Å²) in [4.78, 5) is 12.8. The molecule has 6 nitrogen and oxygen atoms in total. The molecule has 156 valence electrons. The summed E-state index contributed by atoms with van der Waals surface area (Å²) in [7, 11) is -2.30. The van der Waals surface area contributed by atoms with Crippen LogP contribution >= 0.6 is 0 Å². The third-order valence-corrected chi connectivity index (χ3v) is 6.13. The number of anilines is 2. The molecule has 0 saturated heterocycles. The fourth-order valence-electron chi connectivity index (χ4n) is 2.98. The van der Waals surface area contributed by atoms with Crippen molar-refractivity contribution in [1.82, 2.24) is 0 Å². The lowest BCUT2D eigenvalue weighted by Crippen LogP contribution is -2.16. The number of hydrogen-bond donors (Lipinski definition) is 2. The Kier molecular flexibility index (Phi) is 6.12. The van der Waals surface area contributed by atoms with E-state index in [0.717, 1.165) is 11.1 Å². The highest BCUT2D eigenvalue weighted by Crippen LogP contribution is 2.24. The molecule has 0 aliphatic heterocycles. The quantitative estimate of drug-likeness (QED) is 0.602. The number of amides is 1. The molecule has 30 heavy (non-hydrogen) atoms. The summed E-state index contributed by atoms with van der Waals surface area (Å²) in [5.41, 5.74) is 4.18. The minimum absolute atomic E-state index is 0.104. The summed E-state index contributed by atoms with van der Waals surface area (Å²) in [5, 5.41) is 2.88. The van der Waals surface area contributed by atoms with Crippen molar-refractivity contribution in [2.45, 2.75) is 25.7 Å². The molecule has 0 aliphatic rings. The maximum atomic E-state index is 12.7. The van der Waals surface area contributed by atoms with Gasteiger partial charge in [-0.25, -0.2) is 8.42 Å².